The molecule has 3 nitrogen and oxygen atoms in total. The van der Waals surface area contributed by atoms with Gasteiger partial charge in [0.05, 0.1) is 12.2 Å². The van der Waals surface area contributed by atoms with Gasteiger partial charge >= 0.3 is 0 Å². The minimum Gasteiger partial charge on any atom is -0.393 e. The van der Waals surface area contributed by atoms with Gasteiger partial charge in [-0.25, -0.2) is 0 Å². The van der Waals surface area contributed by atoms with Gasteiger partial charge < -0.3 is 10.2 Å². The van der Waals surface area contributed by atoms with Crippen LogP contribution in [0.15, 0.2) is 11.0 Å². The second kappa shape index (κ2) is 5.97. The lowest BCUT2D eigenvalue weighted by atomic mass is 9.28. The normalized spacial score (nSPS) is 49.8. The van der Waals surface area contributed by atoms with Crippen LogP contribution in [0.1, 0.15) is 39.5 Å². The maximum absolute atomic E-state index is 13.2. The second-order valence-electron chi connectivity index (χ2n) is 13.6. The minimum absolute atomic E-state index is 0.0676. The van der Waals surface area contributed by atoms with Crippen LogP contribution in [-0.4, -0.2) is 83.1 Å². The Morgan fingerprint density at radius 2 is 1.52 bits per heavy atom. The van der Waals surface area contributed by atoms with Crippen molar-refractivity contribution in [2.24, 2.45) is 28.6 Å². The zero-order valence-electron chi connectivity index (χ0n) is 20.0. The van der Waals surface area contributed by atoms with Crippen molar-refractivity contribution in [2.45, 2.75) is 67.4 Å². The van der Waals surface area contributed by atoms with Gasteiger partial charge in [0.1, 0.15) is 60.7 Å². The van der Waals surface area contributed by atoms with E-state index in [9.17, 15) is 15.0 Å². The van der Waals surface area contributed by atoms with Gasteiger partial charge in [0.15, 0.2) is 0 Å². The molecule has 3 fully saturated rings. The first kappa shape index (κ1) is 22.0. The van der Waals surface area contributed by atoms with E-state index in [0.29, 0.717) is 18.3 Å². The Kier molecular flexibility index (Phi) is 4.53. The van der Waals surface area contributed by atoms with E-state index in [4.69, 9.17) is 0 Å². The van der Waals surface area contributed by atoms with Crippen LogP contribution >= 0.6 is 0 Å². The predicted molar refractivity (Wildman–Crippen MR) is 137 cm³/mol. The van der Waals surface area contributed by atoms with Crippen LogP contribution in [0.3, 0.4) is 0 Å². The molecule has 3 saturated carbocycles. The summed E-state index contributed by atoms with van der Waals surface area (Å²) in [7, 11) is 15.2. The lowest BCUT2D eigenvalue weighted by molar-refractivity contribution is -0.145. The van der Waals surface area contributed by atoms with Crippen molar-refractivity contribution >= 4 is 60.7 Å². The Labute approximate surface area is 182 Å². The number of hydrogen-bond acceptors (Lipinski definition) is 3. The first-order valence-electron chi connectivity index (χ1n) is 11.6. The van der Waals surface area contributed by atoms with Gasteiger partial charge in [0.25, 0.3) is 0 Å². The second-order valence-corrected chi connectivity index (χ2v) is 13.6. The molecule has 10 heteroatoms. The molecule has 4 aliphatic carbocycles. The van der Waals surface area contributed by atoms with Gasteiger partial charge in [-0.3, -0.25) is 4.79 Å². The number of allylic oxidation sites excluding steroid dienone is 1. The highest BCUT2D eigenvalue weighted by molar-refractivity contribution is 6.59. The maximum atomic E-state index is 13.2. The van der Waals surface area contributed by atoms with Gasteiger partial charge in [0, 0.05) is 0 Å². The average Bonchev–Trinajstić information content (AvgIpc) is 2.71. The summed E-state index contributed by atoms with van der Waals surface area (Å²) in [5.41, 5.74) is 1.84. The quantitative estimate of drug-likeness (QED) is 0.415. The Morgan fingerprint density at radius 3 is 2.10 bits per heavy atom. The topological polar surface area (TPSA) is 57.5 Å². The summed E-state index contributed by atoms with van der Waals surface area (Å²) in [5, 5.41) is 22.2. The number of ketones is 1. The zero-order valence-corrected chi connectivity index (χ0v) is 20.0. The van der Waals surface area contributed by atoms with Crippen molar-refractivity contribution in [3.8, 4) is 0 Å². The highest BCUT2D eigenvalue weighted by atomic mass is 16.3. The molecule has 0 aliphatic heterocycles. The van der Waals surface area contributed by atoms with Crippen molar-refractivity contribution in [3.63, 3.8) is 0 Å². The first-order chi connectivity index (χ1) is 13.0. The molecule has 0 radical (unpaired) electrons. The summed E-state index contributed by atoms with van der Waals surface area (Å²) in [5.74, 6) is 1.23. The number of carbonyl (C=O) groups excluding carboxylic acids is 1. The van der Waals surface area contributed by atoms with Crippen molar-refractivity contribution in [1.82, 2.24) is 0 Å². The summed E-state index contributed by atoms with van der Waals surface area (Å²) in [6.45, 7) is 4.55. The highest BCUT2D eigenvalue weighted by Gasteiger charge is 2.68. The summed E-state index contributed by atoms with van der Waals surface area (Å²) in [6.07, 6.45) is 2.67. The molecule has 0 aromatic rings. The van der Waals surface area contributed by atoms with Crippen LogP contribution in [0.25, 0.3) is 0 Å². The SMILES string of the molecule is BC1=C2C(B)(B)CC3C([C@@H](O)CC4(C)C3CC(B)(B)[C@@H]4O)C2(C)CC(B)(B)C1=O. The number of carbonyl (C=O) groups is 1. The number of rotatable bonds is 0. The lowest BCUT2D eigenvalue weighted by Gasteiger charge is -2.65. The molecule has 0 amide bonds. The zero-order chi connectivity index (χ0) is 21.9. The van der Waals surface area contributed by atoms with Gasteiger partial charge in [-0.15, -0.1) is 0 Å². The minimum atomic E-state index is -0.433. The monoisotopic (exact) mass is 388 g/mol. The fourth-order valence-corrected chi connectivity index (χ4v) is 9.58. The van der Waals surface area contributed by atoms with Gasteiger partial charge in [0.2, 0.25) is 0 Å². The Bertz CT molecular complexity index is 810. The van der Waals surface area contributed by atoms with E-state index >= 15 is 0 Å². The molecule has 0 aromatic heterocycles. The summed E-state index contributed by atoms with van der Waals surface area (Å²) >= 11 is 0. The number of Topliss-reactive ketones (excluding diaryl/α,β-unsaturated/α-hetero) is 1. The predicted octanol–water partition coefficient (Wildman–Crippen LogP) is -4.21. The smallest absolute Gasteiger partial charge is 0.143 e. The van der Waals surface area contributed by atoms with Crippen LogP contribution in [-0.2, 0) is 4.79 Å². The third-order valence-corrected chi connectivity index (χ3v) is 9.87. The molecular weight excluding hydrogens is 352 g/mol. The molecule has 0 bridgehead atoms. The Morgan fingerprint density at radius 1 is 0.931 bits per heavy atom. The molecule has 2 N–H and O–H groups in total. The van der Waals surface area contributed by atoms with Crippen LogP contribution < -0.4 is 0 Å². The number of aliphatic hydroxyl groups is 2. The molecule has 7 atom stereocenters. The van der Waals surface area contributed by atoms with E-state index in [2.05, 4.69) is 60.9 Å². The van der Waals surface area contributed by atoms with Crippen molar-refractivity contribution in [3.05, 3.63) is 11.0 Å². The fourth-order valence-electron chi connectivity index (χ4n) is 9.58. The molecule has 4 aliphatic rings. The third kappa shape index (κ3) is 2.70. The molecule has 5 unspecified atom stereocenters. The molecule has 0 aromatic carbocycles. The summed E-state index contributed by atoms with van der Waals surface area (Å²) < 4.78 is 0. The third-order valence-electron chi connectivity index (χ3n) is 9.87. The van der Waals surface area contributed by atoms with Crippen LogP contribution in [0.2, 0.25) is 15.6 Å². The molecular formula is C19H35B7O3. The van der Waals surface area contributed by atoms with Crippen molar-refractivity contribution in [2.75, 3.05) is 0 Å². The molecule has 4 rings (SSSR count). The van der Waals surface area contributed by atoms with E-state index < -0.39 is 11.3 Å². The van der Waals surface area contributed by atoms with E-state index in [0.717, 1.165) is 24.7 Å². The van der Waals surface area contributed by atoms with Gasteiger partial charge in [-0.2, -0.15) is 0 Å². The Balaban J connectivity index is 1.90. The number of hydrogen-bond donors (Lipinski definition) is 2. The van der Waals surface area contributed by atoms with E-state index in [1.54, 1.807) is 0 Å². The van der Waals surface area contributed by atoms with Gasteiger partial charge in [-0.05, 0) is 52.1 Å². The van der Waals surface area contributed by atoms with E-state index in [1.165, 1.54) is 5.57 Å². The maximum Gasteiger partial charge on any atom is 0.143 e. The number of aliphatic hydroxyl groups excluding tert-OH is 2. The van der Waals surface area contributed by atoms with E-state index in [1.807, 2.05) is 7.85 Å². The lowest BCUT2D eigenvalue weighted by Crippen LogP contribution is -2.61. The summed E-state index contributed by atoms with van der Waals surface area (Å²) in [4.78, 5) is 13.2. The Hall–Kier alpha value is -0.215. The van der Waals surface area contributed by atoms with Crippen LogP contribution in [0.4, 0.5) is 0 Å². The van der Waals surface area contributed by atoms with Gasteiger partial charge in [-0.1, -0.05) is 42.7 Å². The standard InChI is InChI=1S/C19H35B7O3/c1-15-5-9(27)10-7(8(15)4-18(23,24)14(15)29)3-17(21,22)12-11(20)13(28)19(25,26)6-16(10,12)2/h7-10,14,27,29H,3-6,20-26H2,1-2H3/t7?,8?,9-,10?,14+,15?,16?/m0/s1. The van der Waals surface area contributed by atoms with Crippen molar-refractivity contribution < 1.29 is 15.0 Å². The average molecular weight is 387 g/mol. The summed E-state index contributed by atoms with van der Waals surface area (Å²) in [6, 6.07) is 0. The molecule has 29 heavy (non-hydrogen) atoms. The molecule has 0 heterocycles. The largest absolute Gasteiger partial charge is 0.393 e. The van der Waals surface area contributed by atoms with E-state index in [-0.39, 0.29) is 39.1 Å². The van der Waals surface area contributed by atoms with Crippen LogP contribution in [0.5, 0.6) is 0 Å². The number of fused-ring (bicyclic) bond motifs is 5. The van der Waals surface area contributed by atoms with Crippen LogP contribution in [0, 0.1) is 28.6 Å². The molecule has 0 spiro atoms. The molecule has 0 saturated heterocycles. The fraction of sp³-hybridized carbons (Fsp3) is 0.842. The highest BCUT2D eigenvalue weighted by Crippen LogP contribution is 2.73. The van der Waals surface area contributed by atoms with Crippen molar-refractivity contribution in [1.29, 1.82) is 0 Å². The molecule has 150 valence electrons. The first-order valence-corrected chi connectivity index (χ1v) is 11.6.